The molecule has 48 valence electrons. The first kappa shape index (κ1) is 5.53. The second-order valence-electron chi connectivity index (χ2n) is 2.34. The van der Waals surface area contributed by atoms with E-state index in [9.17, 15) is 0 Å². The van der Waals surface area contributed by atoms with Crippen LogP contribution in [0.25, 0.3) is 11.0 Å². The minimum absolute atomic E-state index is 0.973. The lowest BCUT2D eigenvalue weighted by atomic mass is 10.1. The molecule has 0 saturated carbocycles. The number of imidazole rings is 1. The molecule has 0 amide bonds. The lowest BCUT2D eigenvalue weighted by Gasteiger charge is -1.81. The summed E-state index contributed by atoms with van der Waals surface area (Å²) in [6.45, 7) is 0. The number of aromatic nitrogens is 2. The molecule has 0 spiro atoms. The zero-order valence-corrected chi connectivity index (χ0v) is 5.76. The number of nitrogens with zero attached hydrogens (tertiary/aromatic N) is 1. The molecular weight excluding hydrogens is 123 g/mol. The predicted molar refractivity (Wildman–Crippen MR) is 44.3 cm³/mol. The Balaban J connectivity index is 2.88. The predicted octanol–water partition coefficient (Wildman–Crippen LogP) is -0.179. The van der Waals surface area contributed by atoms with Crippen LogP contribution in [-0.4, -0.2) is 17.8 Å². The van der Waals surface area contributed by atoms with Gasteiger partial charge in [0.2, 0.25) is 0 Å². The Kier molecular flexibility index (Phi) is 1.03. The molecule has 0 unspecified atom stereocenters. The highest BCUT2D eigenvalue weighted by Gasteiger charge is 1.93. The van der Waals surface area contributed by atoms with Gasteiger partial charge in [-0.2, -0.15) is 0 Å². The number of hydrogen-bond acceptors (Lipinski definition) is 1. The first-order valence-electron chi connectivity index (χ1n) is 3.27. The van der Waals surface area contributed by atoms with Crippen LogP contribution in [0.1, 0.15) is 0 Å². The Morgan fingerprint density at radius 1 is 1.30 bits per heavy atom. The Morgan fingerprint density at radius 3 is 2.90 bits per heavy atom. The van der Waals surface area contributed by atoms with Crippen LogP contribution in [0.3, 0.4) is 0 Å². The monoisotopic (exact) mass is 130 g/mol. The maximum Gasteiger partial charge on any atom is 0.186 e. The number of benzene rings is 1. The third-order valence-corrected chi connectivity index (χ3v) is 1.51. The van der Waals surface area contributed by atoms with Crippen molar-refractivity contribution in [1.82, 2.24) is 9.97 Å². The Morgan fingerprint density at radius 2 is 2.10 bits per heavy atom. The van der Waals surface area contributed by atoms with Crippen molar-refractivity contribution >= 4 is 24.6 Å². The molecule has 0 aliphatic carbocycles. The second kappa shape index (κ2) is 1.87. The molecule has 0 aliphatic heterocycles. The molecule has 1 N–H and O–H groups in total. The van der Waals surface area contributed by atoms with Gasteiger partial charge in [-0.3, -0.25) is 0 Å². The summed E-state index contributed by atoms with van der Waals surface area (Å²) in [4.78, 5) is 7.40. The summed E-state index contributed by atoms with van der Waals surface area (Å²) in [6, 6.07) is 8.01. The maximum absolute atomic E-state index is 4.26. The number of nitrogens with one attached hydrogen (secondary N) is 1. The van der Waals surface area contributed by atoms with Gasteiger partial charge in [0, 0.05) is 0 Å². The van der Waals surface area contributed by atoms with E-state index in [0.29, 0.717) is 0 Å². The molecule has 1 aromatic carbocycles. The molecule has 2 aromatic rings. The molecule has 2 rings (SSSR count). The van der Waals surface area contributed by atoms with Gasteiger partial charge in [-0.15, -0.1) is 0 Å². The van der Waals surface area contributed by atoms with E-state index in [1.54, 1.807) is 0 Å². The Bertz CT molecular complexity index is 320. The Labute approximate surface area is 59.7 Å². The lowest BCUT2D eigenvalue weighted by molar-refractivity contribution is 1.44. The van der Waals surface area contributed by atoms with Gasteiger partial charge in [0.25, 0.3) is 0 Å². The zero-order valence-electron chi connectivity index (χ0n) is 5.76. The van der Waals surface area contributed by atoms with E-state index in [1.165, 1.54) is 0 Å². The molecule has 0 aliphatic rings. The van der Waals surface area contributed by atoms with Crippen LogP contribution in [0.15, 0.2) is 24.3 Å². The van der Waals surface area contributed by atoms with Gasteiger partial charge in [-0.05, 0) is 12.1 Å². The van der Waals surface area contributed by atoms with Crippen molar-refractivity contribution in [3.8, 4) is 0 Å². The number of fused-ring (bicyclic) bond motifs is 1. The second-order valence-corrected chi connectivity index (χ2v) is 2.34. The number of para-hydroxylation sites is 2. The van der Waals surface area contributed by atoms with E-state index in [1.807, 2.05) is 32.1 Å². The van der Waals surface area contributed by atoms with E-state index in [0.717, 1.165) is 16.8 Å². The van der Waals surface area contributed by atoms with Gasteiger partial charge in [0.05, 0.1) is 16.8 Å². The zero-order chi connectivity index (χ0) is 6.97. The van der Waals surface area contributed by atoms with E-state index in [2.05, 4.69) is 9.97 Å². The molecule has 10 heavy (non-hydrogen) atoms. The smallest absolute Gasteiger partial charge is 0.186 e. The van der Waals surface area contributed by atoms with Gasteiger partial charge in [-0.25, -0.2) is 4.98 Å². The molecule has 1 aromatic heterocycles. The molecule has 0 atom stereocenters. The van der Waals surface area contributed by atoms with Gasteiger partial charge < -0.3 is 4.98 Å². The summed E-state index contributed by atoms with van der Waals surface area (Å²) in [5.41, 5.74) is 3.13. The van der Waals surface area contributed by atoms with Crippen LogP contribution in [0.5, 0.6) is 0 Å². The molecule has 1 heterocycles. The molecule has 0 fully saturated rings. The summed E-state index contributed by atoms with van der Waals surface area (Å²) in [5.74, 6) is 0. The van der Waals surface area contributed by atoms with Crippen molar-refractivity contribution in [3.63, 3.8) is 0 Å². The highest BCUT2D eigenvalue weighted by atomic mass is 14.9. The minimum atomic E-state index is 0.973. The highest BCUT2D eigenvalue weighted by molar-refractivity contribution is 6.30. The summed E-state index contributed by atoms with van der Waals surface area (Å²) in [7, 11) is 1.96. The first-order chi connectivity index (χ1) is 4.86. The van der Waals surface area contributed by atoms with Crippen LogP contribution < -0.4 is 5.72 Å². The SMILES string of the molecule is Bc1nc2ccccc2[nH]1. The van der Waals surface area contributed by atoms with E-state index >= 15 is 0 Å². The van der Waals surface area contributed by atoms with Crippen molar-refractivity contribution in [3.05, 3.63) is 24.3 Å². The van der Waals surface area contributed by atoms with Gasteiger partial charge >= 0.3 is 0 Å². The number of rotatable bonds is 0. The van der Waals surface area contributed by atoms with Crippen LogP contribution in [0, 0.1) is 0 Å². The average molecular weight is 130 g/mol. The normalized spacial score (nSPS) is 10.4. The Hall–Kier alpha value is -1.25. The van der Waals surface area contributed by atoms with Crippen LogP contribution in [-0.2, 0) is 0 Å². The van der Waals surface area contributed by atoms with Crippen molar-refractivity contribution in [2.45, 2.75) is 0 Å². The largest absolute Gasteiger partial charge is 0.351 e. The molecular formula is C7H7BN2. The minimum Gasteiger partial charge on any atom is -0.351 e. The van der Waals surface area contributed by atoms with Crippen molar-refractivity contribution in [2.75, 3.05) is 0 Å². The third kappa shape index (κ3) is 0.710. The molecule has 0 bridgehead atoms. The first-order valence-corrected chi connectivity index (χ1v) is 3.27. The fourth-order valence-corrected chi connectivity index (χ4v) is 1.08. The van der Waals surface area contributed by atoms with E-state index < -0.39 is 0 Å². The highest BCUT2D eigenvalue weighted by Crippen LogP contribution is 2.04. The van der Waals surface area contributed by atoms with Crippen molar-refractivity contribution in [1.29, 1.82) is 0 Å². The summed E-state index contributed by atoms with van der Waals surface area (Å²) in [5, 5.41) is 0. The molecule has 0 saturated heterocycles. The summed E-state index contributed by atoms with van der Waals surface area (Å²) < 4.78 is 0. The quantitative estimate of drug-likeness (QED) is 0.492. The topological polar surface area (TPSA) is 28.7 Å². The van der Waals surface area contributed by atoms with Gasteiger partial charge in [0.15, 0.2) is 7.85 Å². The van der Waals surface area contributed by atoms with Gasteiger partial charge in [0.1, 0.15) is 0 Å². The number of H-pyrrole nitrogens is 1. The fraction of sp³-hybridized carbons (Fsp3) is 0. The van der Waals surface area contributed by atoms with Crippen LogP contribution in [0.2, 0.25) is 0 Å². The van der Waals surface area contributed by atoms with Crippen molar-refractivity contribution in [2.24, 2.45) is 0 Å². The third-order valence-electron chi connectivity index (χ3n) is 1.51. The summed E-state index contributed by atoms with van der Waals surface area (Å²) in [6.07, 6.45) is 0. The van der Waals surface area contributed by atoms with Gasteiger partial charge in [-0.1, -0.05) is 12.1 Å². The molecule has 0 radical (unpaired) electrons. The standard InChI is InChI=1S/C7H7BN2/c8-7-9-5-3-1-2-4-6(5)10-7/h1-4H,8H2,(H,9,10). The van der Waals surface area contributed by atoms with Crippen molar-refractivity contribution < 1.29 is 0 Å². The van der Waals surface area contributed by atoms with E-state index in [4.69, 9.17) is 0 Å². The average Bonchev–Trinajstić information content (AvgIpc) is 2.27. The number of aromatic amines is 1. The number of hydrogen-bond donors (Lipinski definition) is 1. The summed E-state index contributed by atoms with van der Waals surface area (Å²) >= 11 is 0. The van der Waals surface area contributed by atoms with Crippen LogP contribution >= 0.6 is 0 Å². The van der Waals surface area contributed by atoms with E-state index in [-0.39, 0.29) is 0 Å². The molecule has 3 heteroatoms. The fourth-order valence-electron chi connectivity index (χ4n) is 1.08. The van der Waals surface area contributed by atoms with Crippen LogP contribution in [0.4, 0.5) is 0 Å². The lowest BCUT2D eigenvalue weighted by Crippen LogP contribution is -2.04. The molecule has 2 nitrogen and oxygen atoms in total. The maximum atomic E-state index is 4.26.